The third-order valence-electron chi connectivity index (χ3n) is 4.46. The molecule has 0 radical (unpaired) electrons. The molecule has 2 aromatic rings. The van der Waals surface area contributed by atoms with E-state index in [-0.39, 0.29) is 16.5 Å². The van der Waals surface area contributed by atoms with Gasteiger partial charge in [-0.2, -0.15) is 11.3 Å². The van der Waals surface area contributed by atoms with Crippen LogP contribution in [0.15, 0.2) is 39.9 Å². The average Bonchev–Trinajstić information content (AvgIpc) is 3.04. The zero-order valence-electron chi connectivity index (χ0n) is 14.7. The van der Waals surface area contributed by atoms with E-state index in [4.69, 9.17) is 0 Å². The van der Waals surface area contributed by atoms with Crippen LogP contribution in [-0.4, -0.2) is 56.6 Å². The number of hydrogen-bond donors (Lipinski definition) is 0. The van der Waals surface area contributed by atoms with Gasteiger partial charge in [-0.15, -0.1) is 0 Å². The molecule has 1 amide bonds. The Kier molecular flexibility index (Phi) is 5.47. The summed E-state index contributed by atoms with van der Waals surface area (Å²) in [5.41, 5.74) is 0.782. The highest BCUT2D eigenvalue weighted by Gasteiger charge is 2.26. The second-order valence-corrected chi connectivity index (χ2v) is 9.12. The quantitative estimate of drug-likeness (QED) is 0.568. The summed E-state index contributed by atoms with van der Waals surface area (Å²) in [4.78, 5) is 26.9. The maximum Gasteiger partial charge on any atom is 0.293 e. The molecule has 27 heavy (non-hydrogen) atoms. The van der Waals surface area contributed by atoms with Crippen LogP contribution in [0.5, 0.6) is 0 Å². The molecule has 1 saturated heterocycles. The van der Waals surface area contributed by atoms with Crippen molar-refractivity contribution in [1.82, 2.24) is 4.90 Å². The van der Waals surface area contributed by atoms with Crippen molar-refractivity contribution in [2.75, 3.05) is 37.3 Å². The highest BCUT2D eigenvalue weighted by Crippen LogP contribution is 2.31. The number of nitrogens with zero attached hydrogens (tertiary/aromatic N) is 3. The molecule has 1 aromatic heterocycles. The number of carbonyl (C=O) groups excluding carboxylic acids is 1. The van der Waals surface area contributed by atoms with Crippen LogP contribution in [0.1, 0.15) is 16.8 Å². The Hall–Kier alpha value is -2.46. The van der Waals surface area contributed by atoms with Gasteiger partial charge in [-0.1, -0.05) is 0 Å². The van der Waals surface area contributed by atoms with E-state index in [1.807, 2.05) is 10.3 Å². The van der Waals surface area contributed by atoms with Gasteiger partial charge in [0, 0.05) is 43.9 Å². The van der Waals surface area contributed by atoms with E-state index in [0.29, 0.717) is 43.9 Å². The maximum absolute atomic E-state index is 12.5. The lowest BCUT2D eigenvalue weighted by Crippen LogP contribution is -2.35. The summed E-state index contributed by atoms with van der Waals surface area (Å²) < 4.78 is 23.4. The number of hydrogen-bond acceptors (Lipinski definition) is 7. The van der Waals surface area contributed by atoms with Gasteiger partial charge < -0.3 is 9.80 Å². The second kappa shape index (κ2) is 7.65. The van der Waals surface area contributed by atoms with Crippen molar-refractivity contribution in [3.63, 3.8) is 0 Å². The third kappa shape index (κ3) is 4.28. The van der Waals surface area contributed by atoms with Crippen molar-refractivity contribution in [2.24, 2.45) is 0 Å². The first-order valence-electron chi connectivity index (χ1n) is 8.32. The molecular formula is C17H19N3O5S2. The Morgan fingerprint density at radius 3 is 2.59 bits per heavy atom. The standard InChI is InChI=1S/C17H19N3O5S2/c1-27(24,25)14-3-4-15(16(11-14)20(22)23)18-6-2-7-19(9-8-18)17(21)13-5-10-26-12-13/h3-5,10-12H,2,6-9H2,1H3. The van der Waals surface area contributed by atoms with Crippen molar-refractivity contribution in [2.45, 2.75) is 11.3 Å². The molecule has 0 atom stereocenters. The zero-order valence-corrected chi connectivity index (χ0v) is 16.3. The molecule has 0 spiro atoms. The van der Waals surface area contributed by atoms with E-state index in [1.54, 1.807) is 16.3 Å². The van der Waals surface area contributed by atoms with Gasteiger partial charge in [-0.25, -0.2) is 8.42 Å². The molecule has 2 heterocycles. The molecular weight excluding hydrogens is 390 g/mol. The predicted molar refractivity (Wildman–Crippen MR) is 103 cm³/mol. The summed E-state index contributed by atoms with van der Waals surface area (Å²) in [6.07, 6.45) is 1.69. The van der Waals surface area contributed by atoms with E-state index < -0.39 is 14.8 Å². The fourth-order valence-electron chi connectivity index (χ4n) is 3.08. The molecule has 1 aromatic carbocycles. The van der Waals surface area contributed by atoms with Gasteiger partial charge in [0.15, 0.2) is 9.84 Å². The van der Waals surface area contributed by atoms with Gasteiger partial charge in [-0.05, 0) is 30.0 Å². The van der Waals surface area contributed by atoms with Gasteiger partial charge in [-0.3, -0.25) is 14.9 Å². The lowest BCUT2D eigenvalue weighted by Gasteiger charge is -2.23. The van der Waals surface area contributed by atoms with E-state index in [2.05, 4.69) is 0 Å². The van der Waals surface area contributed by atoms with Crippen molar-refractivity contribution in [3.05, 3.63) is 50.7 Å². The summed E-state index contributed by atoms with van der Waals surface area (Å²) in [6, 6.07) is 5.75. The topological polar surface area (TPSA) is 101 Å². The molecule has 1 aliphatic rings. The molecule has 1 aliphatic heterocycles. The van der Waals surface area contributed by atoms with Crippen molar-refractivity contribution in [3.8, 4) is 0 Å². The first kappa shape index (κ1) is 19.3. The summed E-state index contributed by atoms with van der Waals surface area (Å²) in [7, 11) is -3.53. The number of nitro groups is 1. The van der Waals surface area contributed by atoms with Gasteiger partial charge >= 0.3 is 0 Å². The van der Waals surface area contributed by atoms with E-state index in [1.165, 1.54) is 23.5 Å². The lowest BCUT2D eigenvalue weighted by molar-refractivity contribution is -0.384. The molecule has 144 valence electrons. The molecule has 8 nitrogen and oxygen atoms in total. The molecule has 0 N–H and O–H groups in total. The number of sulfone groups is 1. The zero-order chi connectivity index (χ0) is 19.6. The Morgan fingerprint density at radius 1 is 1.19 bits per heavy atom. The summed E-state index contributed by atoms with van der Waals surface area (Å²) in [6.45, 7) is 2.00. The Morgan fingerprint density at radius 2 is 1.96 bits per heavy atom. The fourth-order valence-corrected chi connectivity index (χ4v) is 4.35. The van der Waals surface area contributed by atoms with Crippen LogP contribution in [0.25, 0.3) is 0 Å². The summed E-state index contributed by atoms with van der Waals surface area (Å²) in [5, 5.41) is 15.1. The monoisotopic (exact) mass is 409 g/mol. The summed E-state index contributed by atoms with van der Waals surface area (Å²) >= 11 is 1.46. The molecule has 3 rings (SSSR count). The highest BCUT2D eigenvalue weighted by atomic mass is 32.2. The minimum Gasteiger partial charge on any atom is -0.364 e. The van der Waals surface area contributed by atoms with E-state index >= 15 is 0 Å². The Balaban J connectivity index is 1.83. The lowest BCUT2D eigenvalue weighted by atomic mass is 10.2. The molecule has 0 aliphatic carbocycles. The van der Waals surface area contributed by atoms with Crippen molar-refractivity contribution in [1.29, 1.82) is 0 Å². The number of carbonyl (C=O) groups is 1. The van der Waals surface area contributed by atoms with Crippen LogP contribution in [-0.2, 0) is 9.84 Å². The van der Waals surface area contributed by atoms with Crippen LogP contribution in [0.4, 0.5) is 11.4 Å². The van der Waals surface area contributed by atoms with E-state index in [9.17, 15) is 23.3 Å². The number of nitro benzene ring substituents is 1. The van der Waals surface area contributed by atoms with E-state index in [0.717, 1.165) is 12.3 Å². The van der Waals surface area contributed by atoms with Gasteiger partial charge in [0.2, 0.25) is 0 Å². The SMILES string of the molecule is CS(=O)(=O)c1ccc(N2CCCN(C(=O)c3ccsc3)CC2)c([N+](=O)[O-])c1. The maximum atomic E-state index is 12.5. The molecule has 0 unspecified atom stereocenters. The number of benzene rings is 1. The van der Waals surface area contributed by atoms with Gasteiger partial charge in [0.1, 0.15) is 5.69 Å². The second-order valence-electron chi connectivity index (χ2n) is 6.32. The molecule has 1 fully saturated rings. The molecule has 10 heteroatoms. The van der Waals surface area contributed by atoms with Crippen molar-refractivity contribution < 1.29 is 18.1 Å². The first-order valence-corrected chi connectivity index (χ1v) is 11.2. The Bertz CT molecular complexity index is 957. The highest BCUT2D eigenvalue weighted by molar-refractivity contribution is 7.90. The first-order chi connectivity index (χ1) is 12.8. The number of thiophene rings is 1. The average molecular weight is 409 g/mol. The molecule has 0 saturated carbocycles. The van der Waals surface area contributed by atoms with Crippen LogP contribution in [0.3, 0.4) is 0 Å². The minimum absolute atomic E-state index is 0.0416. The largest absolute Gasteiger partial charge is 0.364 e. The number of anilines is 1. The predicted octanol–water partition coefficient (Wildman–Crippen LogP) is 2.41. The number of rotatable bonds is 4. The summed E-state index contributed by atoms with van der Waals surface area (Å²) in [5.74, 6) is -0.0416. The van der Waals surface area contributed by atoms with Crippen molar-refractivity contribution >= 4 is 38.5 Å². The minimum atomic E-state index is -3.53. The van der Waals surface area contributed by atoms with Crippen LogP contribution in [0, 0.1) is 10.1 Å². The smallest absolute Gasteiger partial charge is 0.293 e. The fraction of sp³-hybridized carbons (Fsp3) is 0.353. The number of amides is 1. The van der Waals surface area contributed by atoms with Gasteiger partial charge in [0.25, 0.3) is 11.6 Å². The van der Waals surface area contributed by atoms with Crippen LogP contribution >= 0.6 is 11.3 Å². The van der Waals surface area contributed by atoms with Gasteiger partial charge in [0.05, 0.1) is 15.4 Å². The normalized spacial score (nSPS) is 15.4. The third-order valence-corrected chi connectivity index (χ3v) is 6.26. The molecule has 0 bridgehead atoms. The van der Waals surface area contributed by atoms with Crippen LogP contribution < -0.4 is 4.90 Å². The Labute approximate surface area is 161 Å². The van der Waals surface area contributed by atoms with Crippen LogP contribution in [0.2, 0.25) is 0 Å².